The molecule has 2 unspecified atom stereocenters. The van der Waals surface area contributed by atoms with Crippen molar-refractivity contribution in [2.75, 3.05) is 6.61 Å². The van der Waals surface area contributed by atoms with Gasteiger partial charge in [-0.3, -0.25) is 0 Å². The summed E-state index contributed by atoms with van der Waals surface area (Å²) in [6, 6.07) is 0. The molecule has 22 heavy (non-hydrogen) atoms. The van der Waals surface area contributed by atoms with Crippen LogP contribution in [0.2, 0.25) is 0 Å². The molecule has 0 saturated carbocycles. The highest BCUT2D eigenvalue weighted by Gasteiger charge is 2.27. The van der Waals surface area contributed by atoms with Crippen molar-refractivity contribution in [3.63, 3.8) is 0 Å². The summed E-state index contributed by atoms with van der Waals surface area (Å²) >= 11 is 6.22. The Kier molecular flexibility index (Phi) is 8.89. The summed E-state index contributed by atoms with van der Waals surface area (Å²) in [5.74, 6) is 0.366. The van der Waals surface area contributed by atoms with Gasteiger partial charge in [0.05, 0.1) is 17.8 Å². The fraction of sp³-hybridized carbons (Fsp3) is 1.00. The van der Waals surface area contributed by atoms with Gasteiger partial charge in [-0.25, -0.2) is 19.6 Å². The molecule has 4 nitrogen and oxygen atoms in total. The molecule has 0 aliphatic heterocycles. The van der Waals surface area contributed by atoms with Crippen LogP contribution in [-0.4, -0.2) is 23.4 Å². The van der Waals surface area contributed by atoms with Crippen LogP contribution < -0.4 is 0 Å². The lowest BCUT2D eigenvalue weighted by atomic mass is 9.81. The first-order valence-electron chi connectivity index (χ1n) is 7.99. The van der Waals surface area contributed by atoms with E-state index in [2.05, 4.69) is 20.8 Å². The van der Waals surface area contributed by atoms with Gasteiger partial charge in [-0.1, -0.05) is 32.4 Å². The van der Waals surface area contributed by atoms with Crippen molar-refractivity contribution in [3.8, 4) is 0 Å². The molecule has 2 atom stereocenters. The lowest BCUT2D eigenvalue weighted by Gasteiger charge is -2.30. The molecule has 0 saturated heterocycles. The zero-order valence-corrected chi connectivity index (χ0v) is 16.5. The van der Waals surface area contributed by atoms with Crippen molar-refractivity contribution in [1.29, 1.82) is 0 Å². The van der Waals surface area contributed by atoms with Crippen LogP contribution in [0.15, 0.2) is 0 Å². The van der Waals surface area contributed by atoms with E-state index in [9.17, 15) is 0 Å². The Labute approximate surface area is 141 Å². The maximum Gasteiger partial charge on any atom is 0.166 e. The molecular weight excluding hydrogens is 304 g/mol. The minimum atomic E-state index is -0.465. The molecule has 0 aromatic heterocycles. The summed E-state index contributed by atoms with van der Waals surface area (Å²) in [4.78, 5) is 21.1. The average molecular weight is 339 g/mol. The minimum absolute atomic E-state index is 0.0260. The van der Waals surface area contributed by atoms with E-state index in [1.165, 1.54) is 0 Å². The second-order valence-corrected chi connectivity index (χ2v) is 9.35. The van der Waals surface area contributed by atoms with Crippen LogP contribution in [0.3, 0.4) is 0 Å². The zero-order chi connectivity index (χ0) is 17.6. The molecule has 0 spiro atoms. The van der Waals surface area contributed by atoms with Gasteiger partial charge in [-0.05, 0) is 65.7 Å². The first-order valence-corrected chi connectivity index (χ1v) is 8.43. The first kappa shape index (κ1) is 22.1. The Balaban J connectivity index is 4.11. The normalized spacial score (nSPS) is 16.6. The number of rotatable bonds is 9. The Hall–Kier alpha value is 0.130. The number of alkyl halides is 1. The van der Waals surface area contributed by atoms with Crippen LogP contribution in [0.5, 0.6) is 0 Å². The van der Waals surface area contributed by atoms with E-state index in [-0.39, 0.29) is 16.6 Å². The third-order valence-corrected chi connectivity index (χ3v) is 2.91. The van der Waals surface area contributed by atoms with Crippen molar-refractivity contribution in [2.24, 2.45) is 11.3 Å². The van der Waals surface area contributed by atoms with Gasteiger partial charge >= 0.3 is 0 Å². The smallest absolute Gasteiger partial charge is 0.166 e. The maximum atomic E-state index is 6.22. The molecule has 0 aromatic carbocycles. The summed E-state index contributed by atoms with van der Waals surface area (Å²) in [5.41, 5.74) is -1.08. The Morgan fingerprint density at radius 3 is 1.77 bits per heavy atom. The number of hydrogen-bond donors (Lipinski definition) is 0. The molecule has 0 rings (SSSR count). The second kappa shape index (κ2) is 8.84. The highest BCUT2D eigenvalue weighted by Crippen LogP contribution is 2.33. The standard InChI is InChI=1S/C17H35ClO4/c1-13(12-19-21-15(2,3)4)10-17(8,9)11-14(18)20-22-16(5,6)7/h13-14H,10-12H2,1-9H3. The lowest BCUT2D eigenvalue weighted by molar-refractivity contribution is -0.361. The molecule has 0 amide bonds. The van der Waals surface area contributed by atoms with E-state index in [0.717, 1.165) is 6.42 Å². The van der Waals surface area contributed by atoms with Gasteiger partial charge in [0, 0.05) is 0 Å². The largest absolute Gasteiger partial charge is 0.236 e. The molecule has 0 heterocycles. The molecule has 0 aromatic rings. The van der Waals surface area contributed by atoms with Crippen LogP contribution in [0, 0.1) is 11.3 Å². The fourth-order valence-electron chi connectivity index (χ4n) is 2.08. The molecule has 134 valence electrons. The average Bonchev–Trinajstić information content (AvgIpc) is 2.21. The summed E-state index contributed by atoms with van der Waals surface area (Å²) in [6.45, 7) is 18.7. The fourth-order valence-corrected chi connectivity index (χ4v) is 2.53. The number of halogens is 1. The van der Waals surface area contributed by atoms with E-state index >= 15 is 0 Å². The number of hydrogen-bond acceptors (Lipinski definition) is 4. The van der Waals surface area contributed by atoms with Gasteiger partial charge in [0.2, 0.25) is 0 Å². The van der Waals surface area contributed by atoms with Gasteiger partial charge in [-0.2, -0.15) is 0 Å². The molecule has 0 N–H and O–H groups in total. The van der Waals surface area contributed by atoms with Crippen molar-refractivity contribution < 1.29 is 19.6 Å². The monoisotopic (exact) mass is 338 g/mol. The van der Waals surface area contributed by atoms with Crippen LogP contribution in [-0.2, 0) is 19.6 Å². The molecule has 0 bridgehead atoms. The van der Waals surface area contributed by atoms with E-state index < -0.39 is 5.56 Å². The topological polar surface area (TPSA) is 36.9 Å². The van der Waals surface area contributed by atoms with Crippen molar-refractivity contribution in [3.05, 3.63) is 0 Å². The molecule has 5 heteroatoms. The van der Waals surface area contributed by atoms with Gasteiger partial charge in [0.25, 0.3) is 0 Å². The lowest BCUT2D eigenvalue weighted by Crippen LogP contribution is -2.27. The second-order valence-electron chi connectivity index (χ2n) is 8.86. The van der Waals surface area contributed by atoms with Crippen molar-refractivity contribution >= 4 is 11.6 Å². The summed E-state index contributed by atoms with van der Waals surface area (Å²) < 4.78 is 0. The molecule has 0 radical (unpaired) electrons. The SMILES string of the molecule is CC(COOC(C)(C)C)CC(C)(C)CC(Cl)OOC(C)(C)C. The summed E-state index contributed by atoms with van der Waals surface area (Å²) in [6.07, 6.45) is 1.66. The van der Waals surface area contributed by atoms with Crippen LogP contribution in [0.25, 0.3) is 0 Å². The van der Waals surface area contributed by atoms with Crippen LogP contribution >= 0.6 is 11.6 Å². The molecule has 0 aliphatic rings. The first-order chi connectivity index (χ1) is 9.70. The highest BCUT2D eigenvalue weighted by atomic mass is 35.5. The molecule has 0 aliphatic carbocycles. The van der Waals surface area contributed by atoms with Gasteiger partial charge in [0.1, 0.15) is 0 Å². The Morgan fingerprint density at radius 2 is 1.32 bits per heavy atom. The van der Waals surface area contributed by atoms with Gasteiger partial charge in [0.15, 0.2) is 5.56 Å². The van der Waals surface area contributed by atoms with E-state index in [1.807, 2.05) is 41.5 Å². The Morgan fingerprint density at radius 1 is 0.818 bits per heavy atom. The van der Waals surface area contributed by atoms with Gasteiger partial charge in [-0.15, -0.1) is 0 Å². The van der Waals surface area contributed by atoms with E-state index in [0.29, 0.717) is 18.9 Å². The summed E-state index contributed by atoms with van der Waals surface area (Å²) in [5, 5.41) is 0. The van der Waals surface area contributed by atoms with Crippen molar-refractivity contribution in [2.45, 2.75) is 91.9 Å². The van der Waals surface area contributed by atoms with Gasteiger partial charge < -0.3 is 0 Å². The predicted molar refractivity (Wildman–Crippen MR) is 90.5 cm³/mol. The maximum absolute atomic E-state index is 6.22. The minimum Gasteiger partial charge on any atom is -0.236 e. The van der Waals surface area contributed by atoms with Crippen LogP contribution in [0.4, 0.5) is 0 Å². The predicted octanol–water partition coefficient (Wildman–Crippen LogP) is 5.49. The van der Waals surface area contributed by atoms with E-state index in [4.69, 9.17) is 31.2 Å². The zero-order valence-electron chi connectivity index (χ0n) is 15.8. The van der Waals surface area contributed by atoms with Crippen LogP contribution in [0.1, 0.15) is 75.2 Å². The quantitative estimate of drug-likeness (QED) is 0.316. The molecular formula is C17H35ClO4. The third-order valence-electron chi connectivity index (χ3n) is 2.68. The third kappa shape index (κ3) is 13.8. The molecule has 0 fully saturated rings. The van der Waals surface area contributed by atoms with E-state index in [1.54, 1.807) is 0 Å². The Bertz CT molecular complexity index is 305. The highest BCUT2D eigenvalue weighted by molar-refractivity contribution is 6.19. The van der Waals surface area contributed by atoms with Crippen molar-refractivity contribution in [1.82, 2.24) is 0 Å². The summed E-state index contributed by atoms with van der Waals surface area (Å²) in [7, 11) is 0.